The van der Waals surface area contributed by atoms with Gasteiger partial charge >= 0.3 is 11.9 Å². The highest BCUT2D eigenvalue weighted by Crippen LogP contribution is 2.43. The third kappa shape index (κ3) is 4.91. The van der Waals surface area contributed by atoms with E-state index in [1.807, 2.05) is 58.0 Å². The molecule has 1 saturated carbocycles. The number of aromatic nitrogens is 1. The predicted octanol–water partition coefficient (Wildman–Crippen LogP) is 5.21. The van der Waals surface area contributed by atoms with Crippen LogP contribution in [-0.4, -0.2) is 29.1 Å². The first-order chi connectivity index (χ1) is 16.1. The molecule has 0 N–H and O–H groups in total. The van der Waals surface area contributed by atoms with Gasteiger partial charge in [0.05, 0.1) is 12.6 Å². The lowest BCUT2D eigenvalue weighted by molar-refractivity contribution is -0.154. The van der Waals surface area contributed by atoms with Gasteiger partial charge in [0, 0.05) is 12.6 Å². The smallest absolute Gasteiger partial charge is 0.343 e. The third-order valence-electron chi connectivity index (χ3n) is 6.14. The van der Waals surface area contributed by atoms with E-state index < -0.39 is 11.6 Å². The Kier molecular flexibility index (Phi) is 6.34. The van der Waals surface area contributed by atoms with Gasteiger partial charge in [0.1, 0.15) is 11.2 Å². The van der Waals surface area contributed by atoms with Gasteiger partial charge in [-0.25, -0.2) is 4.79 Å². The highest BCUT2D eigenvalue weighted by Gasteiger charge is 2.29. The Hall–Kier alpha value is -3.41. The summed E-state index contributed by atoms with van der Waals surface area (Å²) in [6, 6.07) is 11.8. The highest BCUT2D eigenvalue weighted by molar-refractivity contribution is 5.90. The van der Waals surface area contributed by atoms with Crippen molar-refractivity contribution >= 4 is 17.5 Å². The van der Waals surface area contributed by atoms with Crippen LogP contribution < -0.4 is 5.56 Å². The minimum absolute atomic E-state index is 0.0726. The van der Waals surface area contributed by atoms with Crippen molar-refractivity contribution in [2.45, 2.75) is 64.9 Å². The van der Waals surface area contributed by atoms with E-state index >= 15 is 0 Å². The number of fused-ring (bicyclic) bond motifs is 1. The second kappa shape index (κ2) is 9.09. The van der Waals surface area contributed by atoms with Crippen molar-refractivity contribution in [3.8, 4) is 11.1 Å². The number of carbonyl (C=O) groups is 2. The first kappa shape index (κ1) is 23.7. The van der Waals surface area contributed by atoms with Crippen molar-refractivity contribution in [1.29, 1.82) is 0 Å². The molecule has 0 bridgehead atoms. The Bertz CT molecular complexity index is 1310. The van der Waals surface area contributed by atoms with Crippen LogP contribution in [0, 0.1) is 6.92 Å². The highest BCUT2D eigenvalue weighted by atomic mass is 16.6. The summed E-state index contributed by atoms with van der Waals surface area (Å²) in [6.45, 7) is 7.62. The predicted molar refractivity (Wildman–Crippen MR) is 131 cm³/mol. The molecule has 1 aliphatic carbocycles. The minimum Gasteiger partial charge on any atom is -0.465 e. The fourth-order valence-corrected chi connectivity index (χ4v) is 4.36. The summed E-state index contributed by atoms with van der Waals surface area (Å²) < 4.78 is 11.8. The summed E-state index contributed by atoms with van der Waals surface area (Å²) in [5.41, 5.74) is 5.25. The van der Waals surface area contributed by atoms with Crippen molar-refractivity contribution in [3.05, 3.63) is 75.2 Å². The summed E-state index contributed by atoms with van der Waals surface area (Å²) in [5, 5.41) is 0. The van der Waals surface area contributed by atoms with E-state index in [1.54, 1.807) is 16.7 Å². The first-order valence-electron chi connectivity index (χ1n) is 11.7. The monoisotopic (exact) mass is 461 g/mol. The van der Waals surface area contributed by atoms with E-state index in [4.69, 9.17) is 9.47 Å². The molecule has 34 heavy (non-hydrogen) atoms. The number of nitrogens with zero attached hydrogens (tertiary/aromatic N) is 1. The van der Waals surface area contributed by atoms with Crippen LogP contribution >= 0.6 is 0 Å². The lowest BCUT2D eigenvalue weighted by atomic mass is 9.95. The van der Waals surface area contributed by atoms with Crippen molar-refractivity contribution in [3.63, 3.8) is 0 Å². The Balaban J connectivity index is 1.66. The second-order valence-electron chi connectivity index (χ2n) is 9.94. The molecule has 0 aliphatic heterocycles. The molecule has 1 aromatic carbocycles. The van der Waals surface area contributed by atoms with Gasteiger partial charge in [-0.3, -0.25) is 14.0 Å². The van der Waals surface area contributed by atoms with Crippen LogP contribution in [0.3, 0.4) is 0 Å². The Morgan fingerprint density at radius 2 is 1.76 bits per heavy atom. The van der Waals surface area contributed by atoms with E-state index in [0.717, 1.165) is 46.2 Å². The van der Waals surface area contributed by atoms with Crippen LogP contribution in [-0.2, 0) is 20.7 Å². The molecule has 2 aromatic heterocycles. The Morgan fingerprint density at radius 1 is 1.09 bits per heavy atom. The molecule has 0 radical (unpaired) electrons. The molecule has 178 valence electrons. The number of methoxy groups -OCH3 is 1. The Morgan fingerprint density at radius 3 is 2.35 bits per heavy atom. The van der Waals surface area contributed by atoms with E-state index in [2.05, 4.69) is 0 Å². The molecule has 0 unspecified atom stereocenters. The van der Waals surface area contributed by atoms with Gasteiger partial charge in [0.15, 0.2) is 0 Å². The van der Waals surface area contributed by atoms with Crippen LogP contribution in [0.25, 0.3) is 16.6 Å². The molecule has 2 heterocycles. The molecular weight excluding hydrogens is 430 g/mol. The van der Waals surface area contributed by atoms with E-state index in [9.17, 15) is 14.4 Å². The number of aryl methyl sites for hydroxylation is 2. The number of ether oxygens (including phenoxy) is 2. The maximum Gasteiger partial charge on any atom is 0.343 e. The van der Waals surface area contributed by atoms with Gasteiger partial charge in [-0.1, -0.05) is 24.3 Å². The van der Waals surface area contributed by atoms with Gasteiger partial charge in [0.25, 0.3) is 5.56 Å². The van der Waals surface area contributed by atoms with Gasteiger partial charge in [0.2, 0.25) is 0 Å². The van der Waals surface area contributed by atoms with Gasteiger partial charge in [-0.2, -0.15) is 0 Å². The lowest BCUT2D eigenvalue weighted by Gasteiger charge is -2.19. The summed E-state index contributed by atoms with van der Waals surface area (Å²) in [5.74, 6) is -0.459. The van der Waals surface area contributed by atoms with Crippen molar-refractivity contribution in [1.82, 2.24) is 4.40 Å². The maximum absolute atomic E-state index is 13.0. The quantitative estimate of drug-likeness (QED) is 0.471. The largest absolute Gasteiger partial charge is 0.465 e. The zero-order chi connectivity index (χ0) is 24.6. The molecule has 1 aliphatic rings. The molecular formula is C28H31NO5. The average molecular weight is 462 g/mol. The van der Waals surface area contributed by atoms with Crippen LogP contribution in [0.4, 0.5) is 0 Å². The third-order valence-corrected chi connectivity index (χ3v) is 6.14. The lowest BCUT2D eigenvalue weighted by Crippen LogP contribution is -2.24. The number of hydrogen-bond acceptors (Lipinski definition) is 5. The Labute approximate surface area is 199 Å². The minimum atomic E-state index is -0.606. The number of benzene rings is 1. The molecule has 0 saturated heterocycles. The van der Waals surface area contributed by atoms with Crippen LogP contribution in [0.15, 0.2) is 47.4 Å². The molecule has 6 heteroatoms. The molecule has 6 nitrogen and oxygen atoms in total. The second-order valence-corrected chi connectivity index (χ2v) is 9.94. The van der Waals surface area contributed by atoms with Gasteiger partial charge in [-0.05, 0) is 92.8 Å². The van der Waals surface area contributed by atoms with E-state index in [1.165, 1.54) is 7.11 Å². The number of esters is 2. The molecule has 1 fully saturated rings. The van der Waals surface area contributed by atoms with E-state index in [0.29, 0.717) is 18.8 Å². The van der Waals surface area contributed by atoms with Crippen molar-refractivity contribution in [2.24, 2.45) is 0 Å². The number of rotatable bonds is 6. The zero-order valence-corrected chi connectivity index (χ0v) is 20.4. The first-order valence-corrected chi connectivity index (χ1v) is 11.7. The molecule has 0 amide bonds. The normalized spacial score (nSPS) is 13.7. The standard InChI is InChI=1S/C28H31NO5/c1-17-21(19-9-6-18(7-10-19)8-13-24(30)34-28(2,3)4)14-15-29-25(17)22(20-11-12-20)16-23(26(29)31)27(32)33-5/h6-7,9-10,14-16,20H,8,11-13H2,1-5H3. The van der Waals surface area contributed by atoms with Gasteiger partial charge < -0.3 is 9.47 Å². The number of hydrogen-bond donors (Lipinski definition) is 0. The van der Waals surface area contributed by atoms with Crippen LogP contribution in [0.5, 0.6) is 0 Å². The molecule has 0 spiro atoms. The summed E-state index contributed by atoms with van der Waals surface area (Å²) in [6.07, 6.45) is 4.79. The summed E-state index contributed by atoms with van der Waals surface area (Å²) in [4.78, 5) is 37.2. The molecule has 3 aromatic rings. The number of carbonyl (C=O) groups excluding carboxylic acids is 2. The van der Waals surface area contributed by atoms with Gasteiger partial charge in [-0.15, -0.1) is 0 Å². The summed E-state index contributed by atoms with van der Waals surface area (Å²) in [7, 11) is 1.29. The zero-order valence-electron chi connectivity index (χ0n) is 20.4. The average Bonchev–Trinajstić information content (AvgIpc) is 3.62. The topological polar surface area (TPSA) is 74.1 Å². The fraction of sp³-hybridized carbons (Fsp3) is 0.393. The van der Waals surface area contributed by atoms with Crippen molar-refractivity contribution in [2.75, 3.05) is 7.11 Å². The van der Waals surface area contributed by atoms with E-state index in [-0.39, 0.29) is 17.1 Å². The fourth-order valence-electron chi connectivity index (χ4n) is 4.36. The summed E-state index contributed by atoms with van der Waals surface area (Å²) >= 11 is 0. The van der Waals surface area contributed by atoms with Crippen LogP contribution in [0.1, 0.15) is 73.0 Å². The SMILES string of the molecule is COC(=O)c1cc(C2CC2)c2c(C)c(-c3ccc(CCC(=O)OC(C)(C)C)cc3)ccn2c1=O. The molecule has 0 atom stereocenters. The maximum atomic E-state index is 13.0. The molecule has 4 rings (SSSR count). The van der Waals surface area contributed by atoms with Crippen molar-refractivity contribution < 1.29 is 19.1 Å². The number of pyridine rings is 2. The van der Waals surface area contributed by atoms with Crippen LogP contribution in [0.2, 0.25) is 0 Å².